The number of methoxy groups -OCH3 is 1. The molecule has 0 unspecified atom stereocenters. The number of hydrazone groups is 1. The Morgan fingerprint density at radius 1 is 0.933 bits per heavy atom. The number of nitrogens with zero attached hydrogens (tertiary/aromatic N) is 2. The van der Waals surface area contributed by atoms with Crippen LogP contribution in [-0.2, 0) is 0 Å². The van der Waals surface area contributed by atoms with Crippen molar-refractivity contribution in [2.45, 2.75) is 18.7 Å². The van der Waals surface area contributed by atoms with Gasteiger partial charge in [0, 0.05) is 23.1 Å². The Morgan fingerprint density at radius 2 is 1.77 bits per heavy atom. The summed E-state index contributed by atoms with van der Waals surface area (Å²) in [7, 11) is 1.67. The van der Waals surface area contributed by atoms with Crippen molar-refractivity contribution in [3.05, 3.63) is 83.4 Å². The highest BCUT2D eigenvalue weighted by Crippen LogP contribution is 2.48. The molecule has 0 N–H and O–H groups in total. The van der Waals surface area contributed by atoms with E-state index in [9.17, 15) is 0 Å². The highest BCUT2D eigenvalue weighted by molar-refractivity contribution is 6.02. The van der Waals surface area contributed by atoms with E-state index in [0.717, 1.165) is 51.8 Å². The third-order valence-electron chi connectivity index (χ3n) is 5.81. The van der Waals surface area contributed by atoms with E-state index in [1.54, 1.807) is 7.11 Å². The average Bonchev–Trinajstić information content (AvgIpc) is 3.45. The minimum absolute atomic E-state index is 0.113. The topological polar surface area (TPSA) is 52.5 Å². The minimum atomic E-state index is -0.303. The predicted molar refractivity (Wildman–Crippen MR) is 111 cm³/mol. The molecule has 0 amide bonds. The van der Waals surface area contributed by atoms with Crippen molar-refractivity contribution in [3.63, 3.8) is 0 Å². The average molecular weight is 400 g/mol. The van der Waals surface area contributed by atoms with Gasteiger partial charge in [-0.2, -0.15) is 5.10 Å². The van der Waals surface area contributed by atoms with Crippen LogP contribution in [0.2, 0.25) is 0 Å². The second-order valence-electron chi connectivity index (χ2n) is 7.50. The molecule has 3 aliphatic rings. The van der Waals surface area contributed by atoms with Crippen LogP contribution in [0, 0.1) is 0 Å². The summed E-state index contributed by atoms with van der Waals surface area (Å²) in [5.41, 5.74) is 4.24. The smallest absolute Gasteiger partial charge is 0.231 e. The Balaban J connectivity index is 1.41. The van der Waals surface area contributed by atoms with Gasteiger partial charge >= 0.3 is 0 Å². The first-order valence-corrected chi connectivity index (χ1v) is 9.95. The fourth-order valence-electron chi connectivity index (χ4n) is 4.27. The van der Waals surface area contributed by atoms with Gasteiger partial charge in [-0.3, -0.25) is 0 Å². The first-order chi connectivity index (χ1) is 14.8. The van der Waals surface area contributed by atoms with E-state index < -0.39 is 0 Å². The summed E-state index contributed by atoms with van der Waals surface area (Å²) < 4.78 is 22.7. The van der Waals surface area contributed by atoms with Crippen LogP contribution in [0.15, 0.2) is 71.8 Å². The lowest BCUT2D eigenvalue weighted by Crippen LogP contribution is -2.33. The Hall–Kier alpha value is -3.67. The molecule has 0 aromatic heterocycles. The van der Waals surface area contributed by atoms with Crippen LogP contribution in [-0.4, -0.2) is 24.6 Å². The number of rotatable bonds is 3. The summed E-state index contributed by atoms with van der Waals surface area (Å²) in [6.07, 6.45) is 0.495. The summed E-state index contributed by atoms with van der Waals surface area (Å²) in [5, 5.41) is 7.08. The van der Waals surface area contributed by atoms with Gasteiger partial charge in [-0.15, -0.1) is 0 Å². The predicted octanol–water partition coefficient (Wildman–Crippen LogP) is 4.67. The van der Waals surface area contributed by atoms with Crippen molar-refractivity contribution in [1.29, 1.82) is 0 Å². The first kappa shape index (κ1) is 17.2. The van der Waals surface area contributed by atoms with Crippen molar-refractivity contribution >= 4 is 5.71 Å². The molecular formula is C24H20N2O4. The molecule has 3 aromatic rings. The standard InChI is InChI=1S/C24H20N2O4/c1-27-17-9-6-15(7-10-17)24-26-20(18-4-2-3-5-21(18)30-24)13-19(25-26)16-8-11-22-23(12-16)29-14-28-22/h2-12,20,24H,13-14H2,1H3/t20-,24+/m0/s1. The highest BCUT2D eigenvalue weighted by atomic mass is 16.7. The zero-order chi connectivity index (χ0) is 20.1. The van der Waals surface area contributed by atoms with E-state index in [-0.39, 0.29) is 19.1 Å². The van der Waals surface area contributed by atoms with E-state index in [1.165, 1.54) is 0 Å². The number of fused-ring (bicyclic) bond motifs is 4. The van der Waals surface area contributed by atoms with Gasteiger partial charge in [0.1, 0.15) is 11.5 Å². The Kier molecular flexibility index (Phi) is 3.84. The van der Waals surface area contributed by atoms with E-state index in [1.807, 2.05) is 60.7 Å². The largest absolute Gasteiger partial charge is 0.497 e. The van der Waals surface area contributed by atoms with Gasteiger partial charge in [0.15, 0.2) is 11.5 Å². The summed E-state index contributed by atoms with van der Waals surface area (Å²) in [6, 6.07) is 22.3. The number of para-hydroxylation sites is 1. The molecule has 6 rings (SSSR count). The summed E-state index contributed by atoms with van der Waals surface area (Å²) >= 11 is 0. The van der Waals surface area contributed by atoms with Gasteiger partial charge in [0.2, 0.25) is 13.0 Å². The highest BCUT2D eigenvalue weighted by Gasteiger charge is 2.41. The minimum Gasteiger partial charge on any atom is -0.497 e. The summed E-state index contributed by atoms with van der Waals surface area (Å²) in [6.45, 7) is 0.265. The van der Waals surface area contributed by atoms with Crippen molar-refractivity contribution in [3.8, 4) is 23.0 Å². The Bertz CT molecular complexity index is 1140. The van der Waals surface area contributed by atoms with Crippen LogP contribution in [0.5, 0.6) is 23.0 Å². The van der Waals surface area contributed by atoms with Gasteiger partial charge < -0.3 is 18.9 Å². The molecule has 0 bridgehead atoms. The van der Waals surface area contributed by atoms with Gasteiger partial charge in [0.25, 0.3) is 0 Å². The van der Waals surface area contributed by atoms with E-state index >= 15 is 0 Å². The third-order valence-corrected chi connectivity index (χ3v) is 5.81. The molecule has 0 aliphatic carbocycles. The second kappa shape index (κ2) is 6.69. The van der Waals surface area contributed by atoms with Gasteiger partial charge in [0.05, 0.1) is 18.9 Å². The van der Waals surface area contributed by atoms with Crippen LogP contribution in [0.25, 0.3) is 0 Å². The molecule has 0 saturated heterocycles. The van der Waals surface area contributed by atoms with Gasteiger partial charge in [-0.25, -0.2) is 5.01 Å². The number of ether oxygens (including phenoxy) is 4. The SMILES string of the molecule is COc1ccc([C@H]2Oc3ccccc3[C@@H]3CC(c4ccc5c(c4)OCO5)=NN23)cc1. The van der Waals surface area contributed by atoms with Crippen LogP contribution in [0.1, 0.15) is 35.4 Å². The maximum Gasteiger partial charge on any atom is 0.231 e. The molecule has 3 heterocycles. The van der Waals surface area contributed by atoms with Crippen molar-refractivity contribution < 1.29 is 18.9 Å². The summed E-state index contributed by atoms with van der Waals surface area (Å²) in [4.78, 5) is 0. The molecule has 0 saturated carbocycles. The number of benzene rings is 3. The van der Waals surface area contributed by atoms with E-state index in [2.05, 4.69) is 11.1 Å². The lowest BCUT2D eigenvalue weighted by atomic mass is 9.96. The zero-order valence-corrected chi connectivity index (χ0v) is 16.4. The molecular weight excluding hydrogens is 380 g/mol. The second-order valence-corrected chi connectivity index (χ2v) is 7.50. The molecule has 3 aromatic carbocycles. The van der Waals surface area contributed by atoms with E-state index in [4.69, 9.17) is 24.0 Å². The number of hydrogen-bond donors (Lipinski definition) is 0. The molecule has 2 atom stereocenters. The molecule has 0 radical (unpaired) electrons. The molecule has 150 valence electrons. The van der Waals surface area contributed by atoms with Gasteiger partial charge in [-0.05, 0) is 48.5 Å². The fourth-order valence-corrected chi connectivity index (χ4v) is 4.27. The lowest BCUT2D eigenvalue weighted by Gasteiger charge is -2.38. The molecule has 30 heavy (non-hydrogen) atoms. The van der Waals surface area contributed by atoms with Crippen LogP contribution < -0.4 is 18.9 Å². The Morgan fingerprint density at radius 3 is 2.63 bits per heavy atom. The molecule has 0 fully saturated rings. The lowest BCUT2D eigenvalue weighted by molar-refractivity contribution is -0.0190. The van der Waals surface area contributed by atoms with Gasteiger partial charge in [-0.1, -0.05) is 18.2 Å². The first-order valence-electron chi connectivity index (χ1n) is 9.95. The van der Waals surface area contributed by atoms with E-state index in [0.29, 0.717) is 0 Å². The van der Waals surface area contributed by atoms with Crippen LogP contribution in [0.3, 0.4) is 0 Å². The normalized spacial score (nSPS) is 20.8. The third kappa shape index (κ3) is 2.68. The van der Waals surface area contributed by atoms with Crippen LogP contribution >= 0.6 is 0 Å². The maximum atomic E-state index is 6.40. The fraction of sp³-hybridized carbons (Fsp3) is 0.208. The summed E-state index contributed by atoms with van der Waals surface area (Å²) in [5.74, 6) is 3.27. The van der Waals surface area contributed by atoms with Crippen molar-refractivity contribution in [1.82, 2.24) is 5.01 Å². The molecule has 6 nitrogen and oxygen atoms in total. The monoisotopic (exact) mass is 400 g/mol. The Labute approximate surface area is 174 Å². The zero-order valence-electron chi connectivity index (χ0n) is 16.4. The molecule has 6 heteroatoms. The maximum absolute atomic E-state index is 6.40. The van der Waals surface area contributed by atoms with Crippen LogP contribution in [0.4, 0.5) is 0 Å². The molecule has 0 spiro atoms. The molecule has 3 aliphatic heterocycles. The number of hydrogen-bond acceptors (Lipinski definition) is 6. The quantitative estimate of drug-likeness (QED) is 0.640. The van der Waals surface area contributed by atoms with Crippen molar-refractivity contribution in [2.24, 2.45) is 5.10 Å². The van der Waals surface area contributed by atoms with Crippen molar-refractivity contribution in [2.75, 3.05) is 13.9 Å².